The third kappa shape index (κ3) is 6.99. The van der Waals surface area contributed by atoms with Crippen LogP contribution >= 0.6 is 59.4 Å². The first kappa shape index (κ1) is 27.0. The van der Waals surface area contributed by atoms with Crippen LogP contribution < -0.4 is 9.47 Å². The molecule has 3 nitrogen and oxygen atoms in total. The van der Waals surface area contributed by atoms with E-state index in [4.69, 9.17) is 21.1 Å². The molecule has 34 heavy (non-hydrogen) atoms. The van der Waals surface area contributed by atoms with Gasteiger partial charge in [-0.25, -0.2) is 4.98 Å². The largest absolute Gasteiger partial charge is 0.488 e. The highest BCUT2D eigenvalue weighted by atomic mass is 79.9. The number of rotatable bonds is 7. The molecule has 0 saturated carbocycles. The fraction of sp³-hybridized carbons (Fsp3) is 0.208. The van der Waals surface area contributed by atoms with Gasteiger partial charge in [-0.15, -0.1) is 0 Å². The highest BCUT2D eigenvalue weighted by Crippen LogP contribution is 2.37. The highest BCUT2D eigenvalue weighted by molar-refractivity contribution is 9.28. The molecule has 1 aromatic heterocycles. The molecule has 0 aliphatic carbocycles. The Kier molecular flexibility index (Phi) is 9.11. The van der Waals surface area contributed by atoms with Gasteiger partial charge in [0.2, 0.25) is 5.88 Å². The van der Waals surface area contributed by atoms with Gasteiger partial charge in [0.1, 0.15) is 23.1 Å². The smallest absolute Gasteiger partial charge is 0.417 e. The normalized spacial score (nSPS) is 12.3. The second kappa shape index (κ2) is 11.5. The van der Waals surface area contributed by atoms with E-state index >= 15 is 0 Å². The minimum Gasteiger partial charge on any atom is -0.488 e. The van der Waals surface area contributed by atoms with Gasteiger partial charge in [0.25, 0.3) is 0 Å². The molecule has 0 saturated heterocycles. The summed E-state index contributed by atoms with van der Waals surface area (Å²) in [7, 11) is 0. The van der Waals surface area contributed by atoms with Gasteiger partial charge in [0.15, 0.2) is 0 Å². The topological polar surface area (TPSA) is 31.4 Å². The second-order valence-electron chi connectivity index (χ2n) is 7.35. The van der Waals surface area contributed by atoms with Crippen molar-refractivity contribution < 1.29 is 22.6 Å². The molecule has 0 fully saturated rings. The van der Waals surface area contributed by atoms with Crippen LogP contribution in [0.1, 0.15) is 35.1 Å². The van der Waals surface area contributed by atoms with Crippen LogP contribution in [0.2, 0.25) is 5.02 Å². The number of alkyl halides is 3. The Balaban J connectivity index is 1.76. The monoisotopic (exact) mass is 681 g/mol. The molecule has 0 aliphatic heterocycles. The van der Waals surface area contributed by atoms with Gasteiger partial charge in [0, 0.05) is 12.1 Å². The Morgan fingerprint density at radius 1 is 1.15 bits per heavy atom. The van der Waals surface area contributed by atoms with Crippen molar-refractivity contribution >= 4 is 59.4 Å². The van der Waals surface area contributed by atoms with E-state index in [0.29, 0.717) is 18.6 Å². The van der Waals surface area contributed by atoms with Crippen molar-refractivity contribution in [1.29, 1.82) is 0 Å². The number of halogens is 7. The molecule has 0 N–H and O–H groups in total. The first-order chi connectivity index (χ1) is 16.0. The lowest BCUT2D eigenvalue weighted by atomic mass is 9.90. The van der Waals surface area contributed by atoms with E-state index in [2.05, 4.69) is 59.7 Å². The third-order valence-electron chi connectivity index (χ3n) is 4.99. The maximum atomic E-state index is 12.8. The molecular formula is C24H18Br3ClF3NO2. The number of aromatic nitrogens is 1. The maximum absolute atomic E-state index is 12.8. The van der Waals surface area contributed by atoms with Crippen molar-refractivity contribution in [2.24, 2.45) is 0 Å². The van der Waals surface area contributed by atoms with E-state index in [9.17, 15) is 13.2 Å². The highest BCUT2D eigenvalue weighted by Gasteiger charge is 2.31. The molecule has 0 amide bonds. The lowest BCUT2D eigenvalue weighted by molar-refractivity contribution is -0.137. The first-order valence-electron chi connectivity index (χ1n) is 9.90. The summed E-state index contributed by atoms with van der Waals surface area (Å²) in [6, 6.07) is 12.2. The van der Waals surface area contributed by atoms with E-state index < -0.39 is 11.7 Å². The molecule has 1 unspecified atom stereocenters. The summed E-state index contributed by atoms with van der Waals surface area (Å²) in [6.07, 6.45) is -1.97. The van der Waals surface area contributed by atoms with Gasteiger partial charge in [0.05, 0.1) is 13.4 Å². The SMILES string of the molecule is Cc1cc(Oc2ncc(C(F)(F)F)cc2Cl)ccc1C(C)c1ccc(OCC=C(Br)Br)c(Br)c1. The number of benzene rings is 2. The standard InChI is InChI=1S/C24H18Br3ClF3NO2/c1-13-9-17(34-23-20(28)11-16(12-32-23)24(29,30)31)4-5-18(13)14(2)15-3-6-21(19(25)10-15)33-8-7-22(26)27/h3-7,9-12,14H,8H2,1-2H3. The number of ether oxygens (including phenoxy) is 2. The Morgan fingerprint density at radius 2 is 1.88 bits per heavy atom. The average Bonchev–Trinajstić information content (AvgIpc) is 2.75. The summed E-state index contributed by atoms with van der Waals surface area (Å²) in [6.45, 7) is 4.44. The molecule has 2 aromatic carbocycles. The number of hydrogen-bond donors (Lipinski definition) is 0. The number of aryl methyl sites for hydroxylation is 1. The fourth-order valence-electron chi connectivity index (χ4n) is 3.24. The molecule has 0 aliphatic rings. The van der Waals surface area contributed by atoms with Gasteiger partial charge in [-0.3, -0.25) is 0 Å². The number of pyridine rings is 1. The molecule has 3 rings (SSSR count). The van der Waals surface area contributed by atoms with Crippen molar-refractivity contribution in [3.05, 3.63) is 89.9 Å². The fourth-order valence-corrected chi connectivity index (χ4v) is 4.22. The Morgan fingerprint density at radius 3 is 2.47 bits per heavy atom. The molecular weight excluding hydrogens is 666 g/mol. The van der Waals surface area contributed by atoms with Gasteiger partial charge in [-0.1, -0.05) is 30.7 Å². The van der Waals surface area contributed by atoms with Crippen LogP contribution in [0.25, 0.3) is 0 Å². The van der Waals surface area contributed by atoms with Crippen LogP contribution in [0, 0.1) is 6.92 Å². The summed E-state index contributed by atoms with van der Waals surface area (Å²) in [5.74, 6) is 1.15. The predicted molar refractivity (Wildman–Crippen MR) is 139 cm³/mol. The molecule has 10 heteroatoms. The zero-order valence-corrected chi connectivity index (χ0v) is 23.4. The molecule has 1 heterocycles. The molecule has 0 spiro atoms. The van der Waals surface area contributed by atoms with E-state index in [0.717, 1.165) is 36.4 Å². The van der Waals surface area contributed by atoms with E-state index in [1.807, 2.05) is 37.3 Å². The van der Waals surface area contributed by atoms with Crippen molar-refractivity contribution in [3.63, 3.8) is 0 Å². The van der Waals surface area contributed by atoms with Gasteiger partial charge < -0.3 is 9.47 Å². The summed E-state index contributed by atoms with van der Waals surface area (Å²) < 4.78 is 51.5. The quantitative estimate of drug-likeness (QED) is 0.248. The van der Waals surface area contributed by atoms with Crippen LogP contribution in [0.3, 0.4) is 0 Å². The predicted octanol–water partition coefficient (Wildman–Crippen LogP) is 9.78. The van der Waals surface area contributed by atoms with Crippen LogP contribution in [-0.4, -0.2) is 11.6 Å². The second-order valence-corrected chi connectivity index (χ2v) is 11.4. The maximum Gasteiger partial charge on any atom is 0.417 e. The van der Waals surface area contributed by atoms with Gasteiger partial charge in [-0.05, 0) is 108 Å². The first-order valence-corrected chi connectivity index (χ1v) is 12.7. The zero-order valence-electron chi connectivity index (χ0n) is 17.9. The van der Waals surface area contributed by atoms with Crippen LogP contribution in [0.5, 0.6) is 17.4 Å². The van der Waals surface area contributed by atoms with E-state index in [1.54, 1.807) is 12.1 Å². The Labute approximate surface area is 225 Å². The van der Waals surface area contributed by atoms with Crippen LogP contribution in [0.15, 0.2) is 62.6 Å². The third-order valence-corrected chi connectivity index (χ3v) is 6.53. The van der Waals surface area contributed by atoms with Crippen molar-refractivity contribution in [2.45, 2.75) is 25.9 Å². The van der Waals surface area contributed by atoms with E-state index in [-0.39, 0.29) is 16.8 Å². The molecule has 1 atom stereocenters. The Bertz CT molecular complexity index is 1210. The van der Waals surface area contributed by atoms with E-state index in [1.165, 1.54) is 0 Å². The number of hydrogen-bond acceptors (Lipinski definition) is 3. The van der Waals surface area contributed by atoms with Gasteiger partial charge in [-0.2, -0.15) is 13.2 Å². The molecule has 180 valence electrons. The average molecular weight is 685 g/mol. The van der Waals surface area contributed by atoms with Gasteiger partial charge >= 0.3 is 6.18 Å². The van der Waals surface area contributed by atoms with Crippen molar-refractivity contribution in [3.8, 4) is 17.4 Å². The van der Waals surface area contributed by atoms with Crippen LogP contribution in [0.4, 0.5) is 13.2 Å². The molecule has 0 radical (unpaired) electrons. The van der Waals surface area contributed by atoms with Crippen LogP contribution in [-0.2, 0) is 6.18 Å². The summed E-state index contributed by atoms with van der Waals surface area (Å²) >= 11 is 16.1. The number of nitrogens with zero attached hydrogens (tertiary/aromatic N) is 1. The zero-order chi connectivity index (χ0) is 25.0. The minimum atomic E-state index is -4.52. The Hall–Kier alpha value is -1.55. The van der Waals surface area contributed by atoms with Crippen molar-refractivity contribution in [2.75, 3.05) is 6.61 Å². The van der Waals surface area contributed by atoms with Crippen molar-refractivity contribution in [1.82, 2.24) is 4.98 Å². The summed E-state index contributed by atoms with van der Waals surface area (Å²) in [5, 5.41) is -0.212. The summed E-state index contributed by atoms with van der Waals surface area (Å²) in [5.41, 5.74) is 2.18. The summed E-state index contributed by atoms with van der Waals surface area (Å²) in [4.78, 5) is 3.72. The minimum absolute atomic E-state index is 0.0729. The lowest BCUT2D eigenvalue weighted by Gasteiger charge is -2.18. The molecule has 3 aromatic rings. The molecule has 0 bridgehead atoms. The lowest BCUT2D eigenvalue weighted by Crippen LogP contribution is -2.06.